The van der Waals surface area contributed by atoms with Crippen LogP contribution in [0.4, 0.5) is 0 Å². The van der Waals surface area contributed by atoms with Crippen LogP contribution in [0.2, 0.25) is 118 Å². The minimum Gasteiger partial charge on any atom is -0.0721 e. The molecule has 0 atom stereocenters. The number of hydrogen-bond donors (Lipinski definition) is 0. The third-order valence-electron chi connectivity index (χ3n) is 5.24. The molecule has 0 saturated heterocycles. The van der Waals surface area contributed by atoms with Crippen molar-refractivity contribution in [3.8, 4) is 0 Å². The topological polar surface area (TPSA) is 0 Å². The molecular weight excluding hydrogens is 610 g/mol. The zero-order valence-electron chi connectivity index (χ0n) is 27.0. The average molecular weight is 670 g/mol. The molecule has 1 aromatic carbocycles. The third kappa shape index (κ3) is 17.4. The van der Waals surface area contributed by atoms with Gasteiger partial charge in [-0.3, -0.25) is 0 Å². The van der Waals surface area contributed by atoms with E-state index < -0.39 is 38.0 Å². The first-order chi connectivity index (χ1) is 15.2. The predicted molar refractivity (Wildman–Crippen MR) is 192 cm³/mol. The van der Waals surface area contributed by atoms with Gasteiger partial charge in [0.1, 0.15) is 0 Å². The molecule has 0 nitrogen and oxygen atoms in total. The van der Waals surface area contributed by atoms with Crippen LogP contribution >= 0.6 is 0 Å². The van der Waals surface area contributed by atoms with E-state index in [0.29, 0.717) is 0 Å². The quantitative estimate of drug-likeness (QED) is 0.254. The van der Waals surface area contributed by atoms with Crippen molar-refractivity contribution in [2.45, 2.75) is 118 Å². The van der Waals surface area contributed by atoms with E-state index >= 15 is 0 Å². The van der Waals surface area contributed by atoms with Gasteiger partial charge in [-0.2, -0.15) is 0 Å². The van der Waals surface area contributed by atoms with Gasteiger partial charge in [-0.1, -0.05) is 78.6 Å². The Kier molecular flexibility index (Phi) is 16.6. The van der Waals surface area contributed by atoms with Gasteiger partial charge in [-0.25, -0.2) is 0 Å². The molecule has 0 heterocycles. The van der Waals surface area contributed by atoms with Gasteiger partial charge in [0.05, 0.1) is 0 Å². The SMILES string of the molecule is C[Si](C)(C)[Si](/C=[C](\[Ge])c1ccccc1)[Si](C)(C)C.C[Si](C)(C)[Si]([Si](C)(C)C)[Si](C)(C)C.C[Si](C)C. The van der Waals surface area contributed by atoms with Crippen molar-refractivity contribution in [3.05, 3.63) is 41.6 Å². The fraction of sp³-hybridized carbons (Fsp3) is 0.692. The molecule has 0 aliphatic rings. The van der Waals surface area contributed by atoms with Crippen LogP contribution in [0, 0.1) is 0 Å². The van der Waals surface area contributed by atoms with Crippen LogP contribution in [0.15, 0.2) is 36.0 Å². The van der Waals surface area contributed by atoms with Crippen molar-refractivity contribution < 1.29 is 0 Å². The molecule has 0 spiro atoms. The second-order valence-electron chi connectivity index (χ2n) is 15.5. The number of rotatable bonds is 7. The maximum absolute atomic E-state index is 2.68. The molecule has 0 unspecified atom stereocenters. The van der Waals surface area contributed by atoms with Gasteiger partial charge >= 0.3 is 125 Å². The molecule has 0 bridgehead atoms. The van der Waals surface area contributed by atoms with E-state index in [0.717, 1.165) is 0 Å². The van der Waals surface area contributed by atoms with Crippen molar-refractivity contribution in [2.24, 2.45) is 0 Å². The predicted octanol–water partition coefficient (Wildman–Crippen LogP) is 9.16. The van der Waals surface area contributed by atoms with E-state index in [1.54, 1.807) is 0 Å². The van der Waals surface area contributed by atoms with Gasteiger partial charge in [0.2, 0.25) is 0 Å². The molecule has 35 heavy (non-hydrogen) atoms. The first kappa shape index (κ1) is 38.4. The maximum Gasteiger partial charge on any atom is 0.0379 e. The summed E-state index contributed by atoms with van der Waals surface area (Å²) in [5.41, 5.74) is 4.08. The summed E-state index contributed by atoms with van der Waals surface area (Å²) in [6.45, 7) is 45.6. The molecular formula is C26H60GeSi8. The van der Waals surface area contributed by atoms with Crippen molar-refractivity contribution in [1.29, 1.82) is 0 Å². The Labute approximate surface area is 240 Å². The van der Waals surface area contributed by atoms with Crippen LogP contribution in [0.1, 0.15) is 5.56 Å². The van der Waals surface area contributed by atoms with E-state index in [4.69, 9.17) is 0 Å². The zero-order valence-corrected chi connectivity index (χ0v) is 37.1. The van der Waals surface area contributed by atoms with Crippen LogP contribution in [0.5, 0.6) is 0 Å². The van der Waals surface area contributed by atoms with Crippen LogP contribution in [0.3, 0.4) is 0 Å². The van der Waals surface area contributed by atoms with Gasteiger partial charge in [-0.05, 0) is 0 Å². The van der Waals surface area contributed by atoms with Gasteiger partial charge in [-0.15, -0.1) is 0 Å². The van der Waals surface area contributed by atoms with E-state index in [1.165, 1.54) is 9.97 Å². The standard InChI is InChI=1S/C14H24GeSi3.C9H27Si4.C3H9Si/c1-17(2,3)16(18(4,5)6)12-14(15)13-10-8-7-9-11-13;1-11(2,3)10(12(4,5)6)13(7,8)9;1-4(2)3/h7-12H,1-6H3;1-9H3;1-3H3/b14-12-;;. The summed E-state index contributed by atoms with van der Waals surface area (Å²) in [5.74, 6) is 0. The molecule has 0 fully saturated rings. The van der Waals surface area contributed by atoms with Crippen LogP contribution in [-0.2, 0) is 0 Å². The second kappa shape index (κ2) is 15.1. The third-order valence-corrected chi connectivity index (χ3v) is 93.1. The van der Waals surface area contributed by atoms with Crippen molar-refractivity contribution in [1.82, 2.24) is 0 Å². The van der Waals surface area contributed by atoms with Crippen LogP contribution in [0.25, 0.3) is 4.41 Å². The molecule has 0 saturated carbocycles. The Bertz CT molecular complexity index is 693. The normalized spacial score (nSPS) is 13.9. The zero-order chi connectivity index (χ0) is 28.6. The largest absolute Gasteiger partial charge is 0.0721 e. The van der Waals surface area contributed by atoms with Gasteiger partial charge in [0.25, 0.3) is 0 Å². The number of benzene rings is 1. The van der Waals surface area contributed by atoms with Crippen molar-refractivity contribution >= 4 is 82.9 Å². The van der Waals surface area contributed by atoms with Crippen LogP contribution < -0.4 is 0 Å². The molecule has 200 valence electrons. The Hall–Kier alpha value is 1.24. The summed E-state index contributed by atoms with van der Waals surface area (Å²) in [5, 5.41) is 0. The maximum atomic E-state index is 2.68. The van der Waals surface area contributed by atoms with E-state index in [2.05, 4.69) is 170 Å². The van der Waals surface area contributed by atoms with Crippen LogP contribution in [-0.4, -0.2) is 78.4 Å². The number of hydrogen-bond acceptors (Lipinski definition) is 0. The van der Waals surface area contributed by atoms with Gasteiger partial charge < -0.3 is 0 Å². The molecule has 6 radical (unpaired) electrons. The summed E-state index contributed by atoms with van der Waals surface area (Å²) >= 11 is 2.29. The summed E-state index contributed by atoms with van der Waals surface area (Å²) in [7, 11) is -4.72. The minimum atomic E-state index is -1.03. The van der Waals surface area contributed by atoms with E-state index in [9.17, 15) is 0 Å². The van der Waals surface area contributed by atoms with Gasteiger partial charge in [0, 0.05) is 38.9 Å². The summed E-state index contributed by atoms with van der Waals surface area (Å²) < 4.78 is 1.49. The Morgan fingerprint density at radius 1 is 0.571 bits per heavy atom. The fourth-order valence-corrected chi connectivity index (χ4v) is 131. The second-order valence-corrected chi connectivity index (χ2v) is 80.2. The molecule has 0 aliphatic carbocycles. The van der Waals surface area contributed by atoms with E-state index in [-0.39, 0.29) is 24.0 Å². The first-order valence-electron chi connectivity index (χ1n) is 13.2. The molecule has 0 aliphatic heterocycles. The monoisotopic (exact) mass is 670 g/mol. The Morgan fingerprint density at radius 2 is 0.857 bits per heavy atom. The summed E-state index contributed by atoms with van der Waals surface area (Å²) in [6, 6.07) is 10.9. The van der Waals surface area contributed by atoms with Gasteiger partial charge in [0.15, 0.2) is 0 Å². The average Bonchev–Trinajstić information content (AvgIpc) is 2.54. The minimum absolute atomic E-state index is 0.0255. The molecule has 0 aromatic heterocycles. The molecule has 1 rings (SSSR count). The molecule has 1 aromatic rings. The van der Waals surface area contributed by atoms with E-state index in [1.807, 2.05) is 0 Å². The van der Waals surface area contributed by atoms with Crippen molar-refractivity contribution in [2.75, 3.05) is 0 Å². The Balaban J connectivity index is 0. The molecule has 0 N–H and O–H groups in total. The Morgan fingerprint density at radius 3 is 1.06 bits per heavy atom. The summed E-state index contributed by atoms with van der Waals surface area (Å²) in [4.78, 5) is 0. The molecule has 0 amide bonds. The smallest absolute Gasteiger partial charge is 0.0379 e. The first-order valence-corrected chi connectivity index (χ1v) is 42.9. The van der Waals surface area contributed by atoms with Crippen molar-refractivity contribution in [3.63, 3.8) is 0 Å². The fourth-order valence-electron chi connectivity index (χ4n) is 5.78. The molecule has 9 heteroatoms. The summed E-state index contributed by atoms with van der Waals surface area (Å²) in [6.07, 6.45) is 0.